The molecule has 0 unspecified atom stereocenters. The van der Waals surface area contributed by atoms with Crippen molar-refractivity contribution in [2.24, 2.45) is 0 Å². The maximum Gasteiger partial charge on any atom is 0.240 e. The van der Waals surface area contributed by atoms with Gasteiger partial charge in [0.25, 0.3) is 0 Å². The number of hydrogen-bond donors (Lipinski definition) is 1. The number of carbonyl (C=O) groups is 1. The fourth-order valence-corrected chi connectivity index (χ4v) is 4.00. The molecule has 0 atom stereocenters. The van der Waals surface area contributed by atoms with Gasteiger partial charge in [0.05, 0.1) is 33.3 Å². The monoisotopic (exact) mass is 492 g/mol. The Balaban J connectivity index is 1.65. The molecule has 9 heteroatoms. The summed E-state index contributed by atoms with van der Waals surface area (Å²) in [5.41, 5.74) is 2.97. The quantitative estimate of drug-likeness (QED) is 0.361. The Kier molecular flexibility index (Phi) is 6.68. The zero-order valence-electron chi connectivity index (χ0n) is 16.1. The summed E-state index contributed by atoms with van der Waals surface area (Å²) in [5.74, 6) is 0.477. The lowest BCUT2D eigenvalue weighted by Gasteiger charge is -2.11. The highest BCUT2D eigenvalue weighted by Crippen LogP contribution is 2.30. The van der Waals surface area contributed by atoms with Crippen LogP contribution in [-0.2, 0) is 24.3 Å². The summed E-state index contributed by atoms with van der Waals surface area (Å²) in [6.45, 7) is 0.388. The predicted molar refractivity (Wildman–Crippen MR) is 125 cm³/mol. The Hall–Kier alpha value is -2.31. The van der Waals surface area contributed by atoms with E-state index >= 15 is 0 Å². The molecule has 2 heterocycles. The lowest BCUT2D eigenvalue weighted by molar-refractivity contribution is -0.121. The molecule has 158 valence electrons. The third-order valence-corrected chi connectivity index (χ3v) is 6.04. The van der Waals surface area contributed by atoms with E-state index in [1.165, 1.54) is 0 Å². The number of benzene rings is 2. The van der Waals surface area contributed by atoms with Crippen molar-refractivity contribution in [3.05, 3.63) is 91.9 Å². The first-order valence-corrected chi connectivity index (χ1v) is 10.9. The van der Waals surface area contributed by atoms with Gasteiger partial charge in [0.2, 0.25) is 5.91 Å². The smallest absolute Gasteiger partial charge is 0.240 e. The minimum absolute atomic E-state index is 0.0574. The molecule has 0 fully saturated rings. The standard InChI is InChI=1S/C22H16Cl4N4O/c23-14-5-4-13(16(24)8-14)7-21-29-19-9-17(25)18(26)10-20(19)30(21)12-22(31)28-11-15-3-1-2-6-27-15/h1-6,8-10H,7,11-12H2,(H,28,31). The number of imidazole rings is 1. The average Bonchev–Trinajstić information content (AvgIpc) is 3.05. The first kappa shape index (κ1) is 21.9. The number of amides is 1. The molecule has 0 radical (unpaired) electrons. The maximum atomic E-state index is 12.7. The van der Waals surface area contributed by atoms with Gasteiger partial charge in [-0.2, -0.15) is 0 Å². The second-order valence-corrected chi connectivity index (χ2v) is 8.54. The first-order chi connectivity index (χ1) is 14.9. The summed E-state index contributed by atoms with van der Waals surface area (Å²) in [4.78, 5) is 21.6. The Bertz CT molecular complexity index is 1260. The van der Waals surface area contributed by atoms with Gasteiger partial charge < -0.3 is 9.88 Å². The molecule has 1 amide bonds. The molecule has 0 aliphatic carbocycles. The Labute approximate surface area is 198 Å². The topological polar surface area (TPSA) is 59.8 Å². The summed E-state index contributed by atoms with van der Waals surface area (Å²) < 4.78 is 1.82. The number of halogens is 4. The molecule has 2 aromatic heterocycles. The van der Waals surface area contributed by atoms with Crippen LogP contribution in [0.2, 0.25) is 20.1 Å². The minimum atomic E-state index is -0.181. The van der Waals surface area contributed by atoms with Gasteiger partial charge in [-0.15, -0.1) is 0 Å². The molecule has 1 N–H and O–H groups in total. The van der Waals surface area contributed by atoms with Crippen molar-refractivity contribution in [2.45, 2.75) is 19.5 Å². The lowest BCUT2D eigenvalue weighted by Crippen LogP contribution is -2.28. The minimum Gasteiger partial charge on any atom is -0.349 e. The number of fused-ring (bicyclic) bond motifs is 1. The summed E-state index contributed by atoms with van der Waals surface area (Å²) in [7, 11) is 0. The molecule has 4 aromatic rings. The van der Waals surface area contributed by atoms with Crippen LogP contribution in [0.15, 0.2) is 54.7 Å². The Morgan fingerprint density at radius 1 is 0.968 bits per heavy atom. The van der Waals surface area contributed by atoms with E-state index in [0.717, 1.165) is 11.3 Å². The first-order valence-electron chi connectivity index (χ1n) is 9.35. The van der Waals surface area contributed by atoms with Crippen molar-refractivity contribution in [1.82, 2.24) is 19.9 Å². The highest BCUT2D eigenvalue weighted by molar-refractivity contribution is 6.42. The SMILES string of the molecule is O=C(Cn1c(Cc2ccc(Cl)cc2Cl)nc2cc(Cl)c(Cl)cc21)NCc1ccccn1. The van der Waals surface area contributed by atoms with Crippen molar-refractivity contribution in [2.75, 3.05) is 0 Å². The number of aromatic nitrogens is 3. The van der Waals surface area contributed by atoms with E-state index in [1.807, 2.05) is 28.8 Å². The number of pyridine rings is 1. The molecule has 5 nitrogen and oxygen atoms in total. The molecule has 4 rings (SSSR count). The molecule has 0 saturated carbocycles. The highest BCUT2D eigenvalue weighted by atomic mass is 35.5. The zero-order valence-corrected chi connectivity index (χ0v) is 19.1. The van der Waals surface area contributed by atoms with E-state index in [9.17, 15) is 4.79 Å². The molecule has 0 aliphatic rings. The molecular formula is C22H16Cl4N4O. The maximum absolute atomic E-state index is 12.7. The number of rotatable bonds is 6. The summed E-state index contributed by atoms with van der Waals surface area (Å²) in [6.07, 6.45) is 2.10. The third kappa shape index (κ3) is 5.13. The van der Waals surface area contributed by atoms with Crippen LogP contribution in [0.3, 0.4) is 0 Å². The van der Waals surface area contributed by atoms with Crippen LogP contribution in [0.25, 0.3) is 11.0 Å². The van der Waals surface area contributed by atoms with Gasteiger partial charge in [0.15, 0.2) is 0 Å². The number of hydrogen-bond acceptors (Lipinski definition) is 3. The third-order valence-electron chi connectivity index (χ3n) is 4.73. The molecule has 0 aliphatic heterocycles. The lowest BCUT2D eigenvalue weighted by atomic mass is 10.1. The Morgan fingerprint density at radius 2 is 1.77 bits per heavy atom. The zero-order chi connectivity index (χ0) is 22.0. The van der Waals surface area contributed by atoms with Crippen molar-refractivity contribution in [1.29, 1.82) is 0 Å². The van der Waals surface area contributed by atoms with E-state index in [-0.39, 0.29) is 12.5 Å². The van der Waals surface area contributed by atoms with E-state index in [0.29, 0.717) is 49.9 Å². The molecule has 0 spiro atoms. The van der Waals surface area contributed by atoms with Gasteiger partial charge in [-0.05, 0) is 42.0 Å². The van der Waals surface area contributed by atoms with Crippen LogP contribution < -0.4 is 5.32 Å². The second-order valence-electron chi connectivity index (χ2n) is 6.88. The van der Waals surface area contributed by atoms with E-state index < -0.39 is 0 Å². The van der Waals surface area contributed by atoms with Gasteiger partial charge in [-0.25, -0.2) is 4.98 Å². The van der Waals surface area contributed by atoms with Gasteiger partial charge >= 0.3 is 0 Å². The largest absolute Gasteiger partial charge is 0.349 e. The fourth-order valence-electron chi connectivity index (χ4n) is 3.21. The second kappa shape index (κ2) is 9.45. The van der Waals surface area contributed by atoms with E-state index in [1.54, 1.807) is 30.5 Å². The average molecular weight is 494 g/mol. The number of carbonyl (C=O) groups excluding carboxylic acids is 1. The van der Waals surface area contributed by atoms with Crippen LogP contribution in [0, 0.1) is 0 Å². The number of nitrogens with zero attached hydrogens (tertiary/aromatic N) is 3. The van der Waals surface area contributed by atoms with Crippen LogP contribution in [0.5, 0.6) is 0 Å². The van der Waals surface area contributed by atoms with Crippen molar-refractivity contribution >= 4 is 63.3 Å². The summed E-state index contributed by atoms with van der Waals surface area (Å²) >= 11 is 24.8. The van der Waals surface area contributed by atoms with Crippen LogP contribution in [0.4, 0.5) is 0 Å². The molecule has 2 aromatic carbocycles. The van der Waals surface area contributed by atoms with Crippen LogP contribution in [0.1, 0.15) is 17.1 Å². The highest BCUT2D eigenvalue weighted by Gasteiger charge is 2.17. The molecule has 31 heavy (non-hydrogen) atoms. The van der Waals surface area contributed by atoms with Crippen molar-refractivity contribution < 1.29 is 4.79 Å². The van der Waals surface area contributed by atoms with Gasteiger partial charge in [-0.1, -0.05) is 58.5 Å². The van der Waals surface area contributed by atoms with Gasteiger partial charge in [-0.3, -0.25) is 9.78 Å². The van der Waals surface area contributed by atoms with Crippen molar-refractivity contribution in [3.8, 4) is 0 Å². The molecular weight excluding hydrogens is 478 g/mol. The molecule has 0 saturated heterocycles. The molecule has 0 bridgehead atoms. The summed E-state index contributed by atoms with van der Waals surface area (Å²) in [5, 5.41) is 4.75. The predicted octanol–water partition coefficient (Wildman–Crippen LogP) is 5.95. The van der Waals surface area contributed by atoms with Gasteiger partial charge in [0, 0.05) is 22.7 Å². The normalized spacial score (nSPS) is 11.1. The van der Waals surface area contributed by atoms with E-state index in [2.05, 4.69) is 15.3 Å². The van der Waals surface area contributed by atoms with Gasteiger partial charge in [0.1, 0.15) is 12.4 Å². The van der Waals surface area contributed by atoms with E-state index in [4.69, 9.17) is 46.4 Å². The number of nitrogens with one attached hydrogen (secondary N) is 1. The summed E-state index contributed by atoms with van der Waals surface area (Å²) in [6, 6.07) is 14.2. The van der Waals surface area contributed by atoms with Crippen molar-refractivity contribution in [3.63, 3.8) is 0 Å². The van der Waals surface area contributed by atoms with Crippen LogP contribution in [-0.4, -0.2) is 20.4 Å². The van der Waals surface area contributed by atoms with Crippen LogP contribution >= 0.6 is 46.4 Å². The fraction of sp³-hybridized carbons (Fsp3) is 0.136. The Morgan fingerprint density at radius 3 is 2.52 bits per heavy atom.